The largest absolute Gasteiger partial charge is 0.467 e. The number of carbonyl (C=O) groups is 2. The molecule has 2 aromatic carbocycles. The number of nitrogens with one attached hydrogen (secondary N) is 1. The Bertz CT molecular complexity index is 843. The van der Waals surface area contributed by atoms with Gasteiger partial charge in [-0.05, 0) is 18.1 Å². The summed E-state index contributed by atoms with van der Waals surface area (Å²) in [6.07, 6.45) is -1.57. The van der Waals surface area contributed by atoms with Gasteiger partial charge in [-0.2, -0.15) is 0 Å². The average molecular weight is 419 g/mol. The van der Waals surface area contributed by atoms with Gasteiger partial charge in [0.25, 0.3) is 0 Å². The van der Waals surface area contributed by atoms with Crippen LogP contribution in [0.2, 0.25) is 0 Å². The first-order valence-corrected chi connectivity index (χ1v) is 11.3. The maximum Gasteiger partial charge on any atom is 0.408 e. The second kappa shape index (κ2) is 10.8. The number of rotatable bonds is 9. The van der Waals surface area contributed by atoms with E-state index < -0.39 is 31.3 Å². The molecule has 8 heteroatoms. The molecule has 156 valence electrons. The molecular formula is C21H26NO6P. The van der Waals surface area contributed by atoms with Crippen molar-refractivity contribution in [3.8, 4) is 0 Å². The predicted molar refractivity (Wildman–Crippen MR) is 110 cm³/mol. The van der Waals surface area contributed by atoms with E-state index in [9.17, 15) is 14.2 Å². The summed E-state index contributed by atoms with van der Waals surface area (Å²) in [4.78, 5) is 24.2. The van der Waals surface area contributed by atoms with Crippen molar-refractivity contribution in [3.05, 3.63) is 71.8 Å². The lowest BCUT2D eigenvalue weighted by molar-refractivity contribution is -0.148. The smallest absolute Gasteiger partial charge is 0.408 e. The summed E-state index contributed by atoms with van der Waals surface area (Å²) in [5, 5.41) is 2.52. The molecule has 2 rings (SSSR count). The van der Waals surface area contributed by atoms with E-state index in [1.54, 1.807) is 6.92 Å². The molecule has 2 unspecified atom stereocenters. The number of alkyl carbamates (subject to hydrolysis) is 1. The van der Waals surface area contributed by atoms with Crippen LogP contribution in [-0.4, -0.2) is 37.7 Å². The zero-order valence-corrected chi connectivity index (χ0v) is 17.6. The molecule has 0 aliphatic rings. The van der Waals surface area contributed by atoms with Crippen LogP contribution in [0, 0.1) is 0 Å². The second-order valence-electron chi connectivity index (χ2n) is 6.60. The predicted octanol–water partition coefficient (Wildman–Crippen LogP) is 3.97. The molecule has 2 aromatic rings. The van der Waals surface area contributed by atoms with E-state index in [-0.39, 0.29) is 13.0 Å². The number of methoxy groups -OCH3 is 1. The van der Waals surface area contributed by atoms with Gasteiger partial charge in [0.15, 0.2) is 6.10 Å². The van der Waals surface area contributed by atoms with Crippen molar-refractivity contribution in [2.75, 3.05) is 13.8 Å². The molecule has 1 amide bonds. The van der Waals surface area contributed by atoms with E-state index in [1.165, 1.54) is 13.8 Å². The zero-order valence-electron chi connectivity index (χ0n) is 16.7. The monoisotopic (exact) mass is 419 g/mol. The fraction of sp³-hybridized carbons (Fsp3) is 0.333. The van der Waals surface area contributed by atoms with Gasteiger partial charge in [0.05, 0.1) is 7.11 Å². The maximum atomic E-state index is 13.0. The number of hydrogen-bond donors (Lipinski definition) is 1. The summed E-state index contributed by atoms with van der Waals surface area (Å²) in [5.74, 6) is -1.48. The third kappa shape index (κ3) is 7.37. The van der Waals surface area contributed by atoms with Crippen molar-refractivity contribution in [2.24, 2.45) is 0 Å². The van der Waals surface area contributed by atoms with Gasteiger partial charge >= 0.3 is 12.1 Å². The normalized spacial score (nSPS) is 14.9. The van der Waals surface area contributed by atoms with Crippen LogP contribution in [0.15, 0.2) is 60.7 Å². The Labute approximate surface area is 170 Å². The van der Waals surface area contributed by atoms with Gasteiger partial charge in [-0.25, -0.2) is 9.59 Å². The fourth-order valence-corrected chi connectivity index (χ4v) is 3.71. The van der Waals surface area contributed by atoms with Gasteiger partial charge in [0.1, 0.15) is 12.4 Å². The first-order chi connectivity index (χ1) is 13.8. The standard InChI is InChI=1S/C21H26NO6P/c1-16(22-21(24)27-15-18-12-8-5-9-13-18)29(3,25)28-19(20(23)26-2)14-17-10-6-4-7-11-17/h4-13,16,19H,14-15H2,1-3H3,(H,22,24)/t16-,19?,29?/m1/s1. The summed E-state index contributed by atoms with van der Waals surface area (Å²) in [7, 11) is -2.16. The van der Waals surface area contributed by atoms with Crippen LogP contribution in [0.25, 0.3) is 0 Å². The second-order valence-corrected chi connectivity index (χ2v) is 9.40. The molecule has 0 radical (unpaired) electrons. The van der Waals surface area contributed by atoms with E-state index in [0.29, 0.717) is 0 Å². The minimum Gasteiger partial charge on any atom is -0.467 e. The molecule has 1 N–H and O–H groups in total. The Hall–Kier alpha value is -2.63. The maximum absolute atomic E-state index is 13.0. The summed E-state index contributed by atoms with van der Waals surface area (Å²) >= 11 is 0. The van der Waals surface area contributed by atoms with Crippen LogP contribution in [-0.2, 0) is 36.4 Å². The van der Waals surface area contributed by atoms with Crippen LogP contribution in [0.1, 0.15) is 18.1 Å². The summed E-state index contributed by atoms with van der Waals surface area (Å²) in [6, 6.07) is 18.4. The molecule has 0 aromatic heterocycles. The first-order valence-electron chi connectivity index (χ1n) is 9.16. The van der Waals surface area contributed by atoms with Gasteiger partial charge in [-0.15, -0.1) is 0 Å². The van der Waals surface area contributed by atoms with Crippen LogP contribution >= 0.6 is 7.37 Å². The highest BCUT2D eigenvalue weighted by molar-refractivity contribution is 7.58. The number of amides is 1. The Kier molecular flexibility index (Phi) is 8.43. The highest BCUT2D eigenvalue weighted by Crippen LogP contribution is 2.48. The third-order valence-electron chi connectivity index (χ3n) is 4.31. The Morgan fingerprint density at radius 1 is 1.00 bits per heavy atom. The van der Waals surface area contributed by atoms with Crippen molar-refractivity contribution in [1.29, 1.82) is 0 Å². The Balaban J connectivity index is 1.95. The van der Waals surface area contributed by atoms with Gasteiger partial charge in [0, 0.05) is 13.1 Å². The SMILES string of the molecule is COC(=O)C(Cc1ccccc1)OP(C)(=O)[C@H](C)NC(=O)OCc1ccccc1. The van der Waals surface area contributed by atoms with E-state index in [2.05, 4.69) is 5.32 Å². The number of benzene rings is 2. The zero-order chi connectivity index (χ0) is 21.3. The molecule has 0 aliphatic heterocycles. The molecule has 0 fully saturated rings. The topological polar surface area (TPSA) is 90.9 Å². The molecule has 0 heterocycles. The van der Waals surface area contributed by atoms with E-state index in [1.807, 2.05) is 60.7 Å². The van der Waals surface area contributed by atoms with Gasteiger partial charge in [-0.3, -0.25) is 4.57 Å². The van der Waals surface area contributed by atoms with Crippen LogP contribution in [0.5, 0.6) is 0 Å². The summed E-state index contributed by atoms with van der Waals surface area (Å²) in [5.41, 5.74) is 1.67. The van der Waals surface area contributed by atoms with Crippen molar-refractivity contribution in [2.45, 2.75) is 31.8 Å². The molecule has 0 aliphatic carbocycles. The molecule has 0 saturated heterocycles. The third-order valence-corrected chi connectivity index (χ3v) is 6.52. The van der Waals surface area contributed by atoms with E-state index in [0.717, 1.165) is 11.1 Å². The van der Waals surface area contributed by atoms with Crippen LogP contribution in [0.3, 0.4) is 0 Å². The lowest BCUT2D eigenvalue weighted by Crippen LogP contribution is -2.36. The molecular weight excluding hydrogens is 393 g/mol. The van der Waals surface area contributed by atoms with Gasteiger partial charge in [-0.1, -0.05) is 60.7 Å². The van der Waals surface area contributed by atoms with Gasteiger partial charge < -0.3 is 19.3 Å². The van der Waals surface area contributed by atoms with Crippen LogP contribution < -0.4 is 5.32 Å². The minimum absolute atomic E-state index is 0.0903. The van der Waals surface area contributed by atoms with E-state index in [4.69, 9.17) is 14.0 Å². The lowest BCUT2D eigenvalue weighted by atomic mass is 10.1. The summed E-state index contributed by atoms with van der Waals surface area (Å²) < 4.78 is 28.6. The molecule has 29 heavy (non-hydrogen) atoms. The number of carbonyl (C=O) groups excluding carboxylic acids is 2. The van der Waals surface area contributed by atoms with Crippen molar-refractivity contribution < 1.29 is 28.2 Å². The molecule has 7 nitrogen and oxygen atoms in total. The summed E-state index contributed by atoms with van der Waals surface area (Å²) in [6.45, 7) is 3.00. The Morgan fingerprint density at radius 2 is 1.55 bits per heavy atom. The fourth-order valence-electron chi connectivity index (χ4n) is 2.52. The Morgan fingerprint density at radius 3 is 2.10 bits per heavy atom. The number of ether oxygens (including phenoxy) is 2. The number of hydrogen-bond acceptors (Lipinski definition) is 6. The van der Waals surface area contributed by atoms with E-state index >= 15 is 0 Å². The molecule has 0 bridgehead atoms. The highest BCUT2D eigenvalue weighted by Gasteiger charge is 2.34. The quantitative estimate of drug-likeness (QED) is 0.489. The first kappa shape index (κ1) is 22.7. The van der Waals surface area contributed by atoms with Crippen LogP contribution in [0.4, 0.5) is 4.79 Å². The van der Waals surface area contributed by atoms with Gasteiger partial charge in [0.2, 0.25) is 7.37 Å². The van der Waals surface area contributed by atoms with Crippen molar-refractivity contribution >= 4 is 19.4 Å². The molecule has 0 saturated carbocycles. The number of esters is 1. The molecule has 0 spiro atoms. The lowest BCUT2D eigenvalue weighted by Gasteiger charge is -2.26. The minimum atomic E-state index is -3.41. The van der Waals surface area contributed by atoms with Crippen molar-refractivity contribution in [3.63, 3.8) is 0 Å². The van der Waals surface area contributed by atoms with Crippen molar-refractivity contribution in [1.82, 2.24) is 5.32 Å². The average Bonchev–Trinajstić information content (AvgIpc) is 2.72. The molecule has 3 atom stereocenters. The highest BCUT2D eigenvalue weighted by atomic mass is 31.2.